The first-order valence-electron chi connectivity index (χ1n) is 13.7. The molecule has 0 aliphatic heterocycles. The number of ether oxygens (including phenoxy) is 1. The number of carboxylic acids is 1. The number of hydrogen-bond acceptors (Lipinski definition) is 5. The number of aliphatic carboxylic acids is 1. The second-order valence-electron chi connectivity index (χ2n) is 10.3. The Balaban J connectivity index is 1.91. The van der Waals surface area contributed by atoms with Crippen LogP contribution < -0.4 is 15.4 Å². The molecule has 218 valence electrons. The third kappa shape index (κ3) is 7.28. The van der Waals surface area contributed by atoms with Gasteiger partial charge in [0.2, 0.25) is 0 Å². The van der Waals surface area contributed by atoms with E-state index in [1.807, 2.05) is 37.3 Å². The fourth-order valence-electron chi connectivity index (χ4n) is 5.15. The van der Waals surface area contributed by atoms with Gasteiger partial charge in [0.25, 0.3) is 5.92 Å². The molecule has 1 aliphatic rings. The molecule has 0 bridgehead atoms. The molecule has 0 radical (unpaired) electrons. The predicted molar refractivity (Wildman–Crippen MR) is 149 cm³/mol. The molecule has 0 spiro atoms. The molecule has 10 heteroatoms. The lowest BCUT2D eigenvalue weighted by molar-refractivity contribution is -0.175. The van der Waals surface area contributed by atoms with Gasteiger partial charge in [-0.1, -0.05) is 30.3 Å². The predicted octanol–water partition coefficient (Wildman–Crippen LogP) is 6.07. The molecular formula is C30H39F2N3O5. The van der Waals surface area contributed by atoms with E-state index in [-0.39, 0.29) is 12.3 Å². The number of carbonyl (C=O) groups is 3. The van der Waals surface area contributed by atoms with Crippen LogP contribution in [0, 0.1) is 0 Å². The van der Waals surface area contributed by atoms with Crippen LogP contribution >= 0.6 is 0 Å². The highest BCUT2D eigenvalue weighted by Gasteiger charge is 2.62. The Hall–Kier alpha value is -3.69. The van der Waals surface area contributed by atoms with E-state index in [0.717, 1.165) is 18.4 Å². The van der Waals surface area contributed by atoms with Gasteiger partial charge in [0.1, 0.15) is 5.75 Å². The Morgan fingerprint density at radius 2 is 1.77 bits per heavy atom. The van der Waals surface area contributed by atoms with Crippen molar-refractivity contribution in [2.45, 2.75) is 77.3 Å². The number of nitrogens with one attached hydrogen (secondary N) is 2. The monoisotopic (exact) mass is 559 g/mol. The van der Waals surface area contributed by atoms with Crippen molar-refractivity contribution in [2.75, 3.05) is 25.0 Å². The van der Waals surface area contributed by atoms with Crippen LogP contribution in [0.2, 0.25) is 0 Å². The quantitative estimate of drug-likeness (QED) is 0.192. The lowest BCUT2D eigenvalue weighted by Gasteiger charge is -2.45. The lowest BCUT2D eigenvalue weighted by Crippen LogP contribution is -2.68. The maximum Gasteiger partial charge on any atom is 0.329 e. The van der Waals surface area contributed by atoms with Crippen LogP contribution in [-0.4, -0.2) is 58.9 Å². The van der Waals surface area contributed by atoms with Crippen molar-refractivity contribution < 1.29 is 33.0 Å². The number of carboxylic acid groups (broad SMARTS) is 1. The van der Waals surface area contributed by atoms with Crippen LogP contribution in [-0.2, 0) is 11.2 Å². The lowest BCUT2D eigenvalue weighted by atomic mass is 9.73. The third-order valence-corrected chi connectivity index (χ3v) is 7.19. The molecule has 2 aromatic carbocycles. The van der Waals surface area contributed by atoms with Crippen LogP contribution in [0.1, 0.15) is 80.9 Å². The van der Waals surface area contributed by atoms with Crippen molar-refractivity contribution in [3.8, 4) is 5.75 Å². The van der Waals surface area contributed by atoms with E-state index in [2.05, 4.69) is 10.6 Å². The minimum Gasteiger partial charge on any atom is -0.493 e. The summed E-state index contributed by atoms with van der Waals surface area (Å²) in [6.07, 6.45) is 0.251. The average Bonchev–Trinajstić information content (AvgIpc) is 2.87. The topological polar surface area (TPSA) is 108 Å². The van der Waals surface area contributed by atoms with Gasteiger partial charge in [0.15, 0.2) is 11.3 Å². The van der Waals surface area contributed by atoms with Gasteiger partial charge in [-0.15, -0.1) is 0 Å². The van der Waals surface area contributed by atoms with Crippen molar-refractivity contribution in [1.29, 1.82) is 0 Å². The van der Waals surface area contributed by atoms with Crippen LogP contribution in [0.4, 0.5) is 19.3 Å². The van der Waals surface area contributed by atoms with Gasteiger partial charge in [-0.05, 0) is 70.2 Å². The van der Waals surface area contributed by atoms with Crippen LogP contribution in [0.3, 0.4) is 0 Å². The molecule has 40 heavy (non-hydrogen) atoms. The number of nitrogens with zero attached hydrogens (tertiary/aromatic N) is 1. The molecule has 3 N–H and O–H groups in total. The first kappa shape index (κ1) is 30.8. The van der Waals surface area contributed by atoms with E-state index in [1.165, 1.54) is 11.8 Å². The third-order valence-electron chi connectivity index (χ3n) is 7.19. The van der Waals surface area contributed by atoms with Gasteiger partial charge < -0.3 is 25.4 Å². The normalized spacial score (nSPS) is 15.8. The van der Waals surface area contributed by atoms with Gasteiger partial charge in [-0.3, -0.25) is 4.79 Å². The number of rotatable bonds is 14. The summed E-state index contributed by atoms with van der Waals surface area (Å²) in [5, 5.41) is 15.3. The summed E-state index contributed by atoms with van der Waals surface area (Å²) in [5.74, 6) is -4.43. The smallest absolute Gasteiger partial charge is 0.329 e. The number of urea groups is 1. The molecule has 0 heterocycles. The van der Waals surface area contributed by atoms with Crippen molar-refractivity contribution in [3.05, 3.63) is 59.2 Å². The van der Waals surface area contributed by atoms with Crippen molar-refractivity contribution in [3.63, 3.8) is 0 Å². The molecule has 1 aliphatic carbocycles. The molecule has 1 saturated carbocycles. The van der Waals surface area contributed by atoms with E-state index < -0.39 is 42.3 Å². The fourth-order valence-corrected chi connectivity index (χ4v) is 5.15. The summed E-state index contributed by atoms with van der Waals surface area (Å²) in [5.41, 5.74) is 0.760. The molecule has 3 rings (SSSR count). The molecule has 1 fully saturated rings. The molecule has 0 aromatic heterocycles. The van der Waals surface area contributed by atoms with Crippen molar-refractivity contribution >= 4 is 23.5 Å². The molecular weight excluding hydrogens is 520 g/mol. The number of carbonyl (C=O) groups excluding carboxylic acids is 2. The molecule has 2 aromatic rings. The number of aryl methyl sites for hydroxylation is 1. The Morgan fingerprint density at radius 1 is 1.10 bits per heavy atom. The second-order valence-corrected chi connectivity index (χ2v) is 10.3. The number of Topliss-reactive ketones (excluding diaryl/α,β-unsaturated/α-hetero) is 1. The van der Waals surface area contributed by atoms with Gasteiger partial charge >= 0.3 is 12.0 Å². The second kappa shape index (κ2) is 13.1. The zero-order valence-corrected chi connectivity index (χ0v) is 23.6. The average molecular weight is 560 g/mol. The summed E-state index contributed by atoms with van der Waals surface area (Å²) in [7, 11) is 0. The minimum atomic E-state index is -3.15. The zero-order chi connectivity index (χ0) is 29.5. The molecule has 8 nitrogen and oxygen atoms in total. The standard InChI is InChI=1S/C30H39F2N3O5/c1-5-33-24-16-23(17-25(40-6-2)26(24)21(4)36)20(3)35(15-11-10-14-22-12-8-7-9-13-22)28(39)34-29(27(37)38)18-30(31,32)19-29/h7-9,12-13,16-17,20,33H,5-6,10-11,14-15,18-19H2,1-4H3,(H,34,39)(H,37,38)/t20-/m0/s1. The van der Waals surface area contributed by atoms with Crippen LogP contribution in [0.5, 0.6) is 5.75 Å². The maximum atomic E-state index is 13.7. The zero-order valence-electron chi connectivity index (χ0n) is 23.6. The summed E-state index contributed by atoms with van der Waals surface area (Å²) in [4.78, 5) is 39.4. The van der Waals surface area contributed by atoms with E-state index >= 15 is 0 Å². The highest BCUT2D eigenvalue weighted by Crippen LogP contribution is 2.46. The van der Waals surface area contributed by atoms with Crippen LogP contribution in [0.15, 0.2) is 42.5 Å². The summed E-state index contributed by atoms with van der Waals surface area (Å²) < 4.78 is 33.3. The van der Waals surface area contributed by atoms with Gasteiger partial charge in [-0.2, -0.15) is 0 Å². The minimum absolute atomic E-state index is 0.177. The molecule has 0 unspecified atom stereocenters. The Bertz CT molecular complexity index is 1170. The number of alkyl halides is 2. The summed E-state index contributed by atoms with van der Waals surface area (Å²) in [6.45, 7) is 8.07. The van der Waals surface area contributed by atoms with Gasteiger partial charge in [0, 0.05) is 31.6 Å². The maximum absolute atomic E-state index is 13.7. The molecule has 2 amide bonds. The summed E-state index contributed by atoms with van der Waals surface area (Å²) in [6, 6.07) is 12.1. The van der Waals surface area contributed by atoms with E-state index in [4.69, 9.17) is 4.74 Å². The van der Waals surface area contributed by atoms with Crippen LogP contribution in [0.25, 0.3) is 0 Å². The Morgan fingerprint density at radius 3 is 2.33 bits per heavy atom. The SMILES string of the molecule is CCNc1cc([C@H](C)N(CCCCc2ccccc2)C(=O)NC2(C(=O)O)CC(F)(F)C2)cc(OCC)c1C(C)=O. The van der Waals surface area contributed by atoms with E-state index in [0.29, 0.717) is 42.1 Å². The largest absolute Gasteiger partial charge is 0.493 e. The first-order chi connectivity index (χ1) is 18.9. The number of halogens is 2. The number of anilines is 1. The van der Waals surface area contributed by atoms with Crippen molar-refractivity contribution in [1.82, 2.24) is 10.2 Å². The number of ketones is 1. The Labute approximate surface area is 234 Å². The van der Waals surface area contributed by atoms with Gasteiger partial charge in [0.05, 0.1) is 18.2 Å². The first-order valence-corrected chi connectivity index (χ1v) is 13.7. The number of hydrogen-bond donors (Lipinski definition) is 3. The highest BCUT2D eigenvalue weighted by molar-refractivity contribution is 6.02. The number of amides is 2. The number of unbranched alkanes of at least 4 members (excludes halogenated alkanes) is 1. The van der Waals surface area contributed by atoms with Gasteiger partial charge in [-0.25, -0.2) is 18.4 Å². The number of benzene rings is 2. The Kier molecular flexibility index (Phi) is 10.1. The van der Waals surface area contributed by atoms with Crippen molar-refractivity contribution in [2.24, 2.45) is 0 Å². The van der Waals surface area contributed by atoms with E-state index in [1.54, 1.807) is 26.0 Å². The molecule has 1 atom stereocenters. The highest BCUT2D eigenvalue weighted by atomic mass is 19.3. The summed E-state index contributed by atoms with van der Waals surface area (Å²) >= 11 is 0. The molecule has 0 saturated heterocycles. The fraction of sp³-hybridized carbons (Fsp3) is 0.500. The van der Waals surface area contributed by atoms with E-state index in [9.17, 15) is 28.3 Å².